The fourth-order valence-corrected chi connectivity index (χ4v) is 2.15. The van der Waals surface area contributed by atoms with Crippen LogP contribution in [-0.2, 0) is 4.74 Å². The molecule has 5 heteroatoms. The number of halogens is 3. The topological polar surface area (TPSA) is 35.2 Å². The number of hydrogen-bond acceptors (Lipinski definition) is 2. The summed E-state index contributed by atoms with van der Waals surface area (Å²) in [7, 11) is 0. The zero-order valence-corrected chi connectivity index (χ0v) is 9.42. The van der Waals surface area contributed by atoms with E-state index in [-0.39, 0.29) is 17.6 Å². The highest BCUT2D eigenvalue weighted by atomic mass is 19.2. The largest absolute Gasteiger partial charge is 0.378 e. The van der Waals surface area contributed by atoms with E-state index in [0.29, 0.717) is 13.0 Å². The lowest BCUT2D eigenvalue weighted by atomic mass is 9.91. The minimum Gasteiger partial charge on any atom is -0.378 e. The molecule has 1 aliphatic rings. The summed E-state index contributed by atoms with van der Waals surface area (Å²) < 4.78 is 44.7. The van der Waals surface area contributed by atoms with Crippen LogP contribution in [0.3, 0.4) is 0 Å². The highest BCUT2D eigenvalue weighted by molar-refractivity contribution is 5.24. The minimum absolute atomic E-state index is 0.00611. The van der Waals surface area contributed by atoms with Crippen molar-refractivity contribution in [1.29, 1.82) is 0 Å². The standard InChI is InChI=1S/C12H14F3NO/c1-6-4-7(5-17-6)12(16)8-2-3-9(13)11(15)10(8)14/h2-3,6-7,12H,4-5,16H2,1H3. The van der Waals surface area contributed by atoms with Gasteiger partial charge in [0.25, 0.3) is 0 Å². The lowest BCUT2D eigenvalue weighted by molar-refractivity contribution is 0.118. The van der Waals surface area contributed by atoms with Gasteiger partial charge in [0.2, 0.25) is 0 Å². The second-order valence-corrected chi connectivity index (χ2v) is 4.43. The highest BCUT2D eigenvalue weighted by Crippen LogP contribution is 2.32. The molecule has 1 fully saturated rings. The van der Waals surface area contributed by atoms with E-state index in [0.717, 1.165) is 6.07 Å². The summed E-state index contributed by atoms with van der Waals surface area (Å²) in [6.07, 6.45) is 0.763. The molecular weight excluding hydrogens is 231 g/mol. The van der Waals surface area contributed by atoms with E-state index < -0.39 is 23.5 Å². The Morgan fingerprint density at radius 1 is 1.29 bits per heavy atom. The maximum Gasteiger partial charge on any atom is 0.194 e. The first kappa shape index (κ1) is 12.4. The Bertz CT molecular complexity index is 424. The van der Waals surface area contributed by atoms with E-state index in [9.17, 15) is 13.2 Å². The van der Waals surface area contributed by atoms with E-state index in [1.165, 1.54) is 6.07 Å². The lowest BCUT2D eigenvalue weighted by Gasteiger charge is -2.19. The maximum absolute atomic E-state index is 13.5. The van der Waals surface area contributed by atoms with Crippen LogP contribution < -0.4 is 5.73 Å². The van der Waals surface area contributed by atoms with Gasteiger partial charge >= 0.3 is 0 Å². The predicted molar refractivity (Wildman–Crippen MR) is 56.8 cm³/mol. The van der Waals surface area contributed by atoms with Gasteiger partial charge in [0.1, 0.15) is 0 Å². The SMILES string of the molecule is CC1CC(C(N)c2ccc(F)c(F)c2F)CO1. The van der Waals surface area contributed by atoms with Gasteiger partial charge in [0, 0.05) is 17.5 Å². The monoisotopic (exact) mass is 245 g/mol. The van der Waals surface area contributed by atoms with Crippen LogP contribution in [0.25, 0.3) is 0 Å². The molecule has 2 N–H and O–H groups in total. The van der Waals surface area contributed by atoms with Gasteiger partial charge in [-0.1, -0.05) is 6.07 Å². The Balaban J connectivity index is 2.25. The maximum atomic E-state index is 13.5. The third kappa shape index (κ3) is 2.30. The second kappa shape index (κ2) is 4.66. The van der Waals surface area contributed by atoms with Crippen molar-refractivity contribution < 1.29 is 17.9 Å². The Hall–Kier alpha value is -1.07. The van der Waals surface area contributed by atoms with Crippen LogP contribution in [0.1, 0.15) is 24.9 Å². The number of rotatable bonds is 2. The van der Waals surface area contributed by atoms with E-state index in [2.05, 4.69) is 0 Å². The number of ether oxygens (including phenoxy) is 1. The van der Waals surface area contributed by atoms with Crippen molar-refractivity contribution in [1.82, 2.24) is 0 Å². The molecule has 0 spiro atoms. The molecule has 94 valence electrons. The van der Waals surface area contributed by atoms with Crippen molar-refractivity contribution in [2.45, 2.75) is 25.5 Å². The van der Waals surface area contributed by atoms with Gasteiger partial charge in [-0.15, -0.1) is 0 Å². The molecule has 3 atom stereocenters. The first-order valence-corrected chi connectivity index (χ1v) is 5.51. The van der Waals surface area contributed by atoms with Crippen molar-refractivity contribution in [3.8, 4) is 0 Å². The van der Waals surface area contributed by atoms with Crippen LogP contribution in [0.15, 0.2) is 12.1 Å². The van der Waals surface area contributed by atoms with Crippen molar-refractivity contribution in [3.63, 3.8) is 0 Å². The zero-order valence-electron chi connectivity index (χ0n) is 9.42. The summed E-state index contributed by atoms with van der Waals surface area (Å²) in [6, 6.07) is 1.42. The van der Waals surface area contributed by atoms with Crippen molar-refractivity contribution in [3.05, 3.63) is 35.1 Å². The van der Waals surface area contributed by atoms with Crippen LogP contribution in [0.5, 0.6) is 0 Å². The van der Waals surface area contributed by atoms with Gasteiger partial charge in [0.05, 0.1) is 12.7 Å². The fraction of sp³-hybridized carbons (Fsp3) is 0.500. The third-order valence-electron chi connectivity index (χ3n) is 3.16. The summed E-state index contributed by atoms with van der Waals surface area (Å²) >= 11 is 0. The van der Waals surface area contributed by atoms with Crippen molar-refractivity contribution in [2.75, 3.05) is 6.61 Å². The second-order valence-electron chi connectivity index (χ2n) is 4.43. The first-order chi connectivity index (χ1) is 8.00. The normalized spacial score (nSPS) is 26.2. The van der Waals surface area contributed by atoms with Crippen LogP contribution in [0.2, 0.25) is 0 Å². The lowest BCUT2D eigenvalue weighted by Crippen LogP contribution is -2.23. The highest BCUT2D eigenvalue weighted by Gasteiger charge is 2.30. The van der Waals surface area contributed by atoms with E-state index >= 15 is 0 Å². The molecule has 17 heavy (non-hydrogen) atoms. The summed E-state index contributed by atoms with van der Waals surface area (Å²) in [4.78, 5) is 0. The number of nitrogens with two attached hydrogens (primary N) is 1. The van der Waals surface area contributed by atoms with E-state index in [1.807, 2.05) is 6.92 Å². The van der Waals surface area contributed by atoms with E-state index in [4.69, 9.17) is 10.5 Å². The average molecular weight is 245 g/mol. The third-order valence-corrected chi connectivity index (χ3v) is 3.16. The van der Waals surface area contributed by atoms with Gasteiger partial charge < -0.3 is 10.5 Å². The summed E-state index contributed by atoms with van der Waals surface area (Å²) in [5.41, 5.74) is 5.88. The Morgan fingerprint density at radius 2 is 2.00 bits per heavy atom. The zero-order chi connectivity index (χ0) is 12.6. The molecule has 1 aromatic rings. The van der Waals surface area contributed by atoms with Crippen LogP contribution in [-0.4, -0.2) is 12.7 Å². The minimum atomic E-state index is -1.47. The molecule has 1 saturated heterocycles. The molecule has 0 aromatic heterocycles. The van der Waals surface area contributed by atoms with Crippen LogP contribution >= 0.6 is 0 Å². The summed E-state index contributed by atoms with van der Waals surface area (Å²) in [5, 5.41) is 0. The quantitative estimate of drug-likeness (QED) is 0.812. The number of benzene rings is 1. The Labute approximate surface area is 97.6 Å². The predicted octanol–water partition coefficient (Wildman–Crippen LogP) is 2.53. The molecule has 2 nitrogen and oxygen atoms in total. The molecule has 1 heterocycles. The van der Waals surface area contributed by atoms with Crippen molar-refractivity contribution in [2.24, 2.45) is 11.7 Å². The molecule has 0 bridgehead atoms. The van der Waals surface area contributed by atoms with Gasteiger partial charge in [-0.3, -0.25) is 0 Å². The smallest absolute Gasteiger partial charge is 0.194 e. The Kier molecular flexibility index (Phi) is 3.40. The summed E-state index contributed by atoms with van der Waals surface area (Å²) in [5.74, 6) is -3.93. The van der Waals surface area contributed by atoms with Crippen molar-refractivity contribution >= 4 is 0 Å². The average Bonchev–Trinajstić information content (AvgIpc) is 2.72. The molecule has 0 amide bonds. The summed E-state index contributed by atoms with van der Waals surface area (Å²) in [6.45, 7) is 2.31. The first-order valence-electron chi connectivity index (χ1n) is 5.51. The van der Waals surface area contributed by atoms with Gasteiger partial charge in [0.15, 0.2) is 17.5 Å². The molecule has 1 aromatic carbocycles. The van der Waals surface area contributed by atoms with Gasteiger partial charge in [-0.05, 0) is 19.4 Å². The molecular formula is C12H14F3NO. The van der Waals surface area contributed by atoms with Crippen LogP contribution in [0, 0.1) is 23.4 Å². The molecule has 1 aliphatic heterocycles. The molecule has 0 saturated carbocycles. The van der Waals surface area contributed by atoms with Gasteiger partial charge in [-0.2, -0.15) is 0 Å². The van der Waals surface area contributed by atoms with Gasteiger partial charge in [-0.25, -0.2) is 13.2 Å². The fourth-order valence-electron chi connectivity index (χ4n) is 2.15. The molecule has 0 radical (unpaired) electrons. The molecule has 2 rings (SSSR count). The number of hydrogen-bond donors (Lipinski definition) is 1. The van der Waals surface area contributed by atoms with E-state index in [1.54, 1.807) is 0 Å². The van der Waals surface area contributed by atoms with Crippen LogP contribution in [0.4, 0.5) is 13.2 Å². The molecule has 0 aliphatic carbocycles. The molecule has 3 unspecified atom stereocenters. The Morgan fingerprint density at radius 3 is 2.59 bits per heavy atom.